The van der Waals surface area contributed by atoms with E-state index in [4.69, 9.17) is 0 Å². The maximum Gasteiger partial charge on any atom is 0.162 e. The molecular formula is C32H46F2. The van der Waals surface area contributed by atoms with E-state index >= 15 is 4.39 Å². The Kier molecular flexibility index (Phi) is 9.43. The zero-order valence-electron chi connectivity index (χ0n) is 21.6. The molecule has 1 aromatic carbocycles. The molecule has 4 rings (SSSR count). The largest absolute Gasteiger partial charge is 0.203 e. The van der Waals surface area contributed by atoms with Gasteiger partial charge in [-0.3, -0.25) is 0 Å². The van der Waals surface area contributed by atoms with Gasteiger partial charge in [-0.05, 0) is 131 Å². The average molecular weight is 469 g/mol. The Labute approximate surface area is 207 Å². The molecule has 2 heteroatoms. The van der Waals surface area contributed by atoms with Gasteiger partial charge in [0.1, 0.15) is 0 Å². The van der Waals surface area contributed by atoms with Crippen LogP contribution in [0.4, 0.5) is 8.78 Å². The van der Waals surface area contributed by atoms with E-state index in [1.807, 2.05) is 12.1 Å². The van der Waals surface area contributed by atoms with Crippen molar-refractivity contribution < 1.29 is 8.78 Å². The summed E-state index contributed by atoms with van der Waals surface area (Å²) in [4.78, 5) is 0. The molecule has 0 saturated heterocycles. The van der Waals surface area contributed by atoms with Crippen molar-refractivity contribution >= 4 is 0 Å². The Morgan fingerprint density at radius 3 is 1.97 bits per heavy atom. The molecule has 0 unspecified atom stereocenters. The number of halogens is 2. The molecule has 0 bridgehead atoms. The van der Waals surface area contributed by atoms with Crippen molar-refractivity contribution in [2.24, 2.45) is 29.6 Å². The van der Waals surface area contributed by atoms with Crippen LogP contribution in [0.1, 0.15) is 114 Å². The van der Waals surface area contributed by atoms with Gasteiger partial charge in [0.15, 0.2) is 11.6 Å². The quantitative estimate of drug-likeness (QED) is 0.349. The Bertz CT molecular complexity index is 814. The molecule has 0 heterocycles. The summed E-state index contributed by atoms with van der Waals surface area (Å²) in [5.41, 5.74) is 1.16. The van der Waals surface area contributed by atoms with Crippen LogP contribution in [0, 0.1) is 41.2 Å². The van der Waals surface area contributed by atoms with E-state index in [1.54, 1.807) is 0 Å². The lowest BCUT2D eigenvalue weighted by Crippen LogP contribution is -2.25. The summed E-state index contributed by atoms with van der Waals surface area (Å²) >= 11 is 0. The zero-order chi connectivity index (χ0) is 23.9. The third-order valence-electron chi connectivity index (χ3n) is 9.40. The Balaban J connectivity index is 1.25. The highest BCUT2D eigenvalue weighted by Gasteiger charge is 2.32. The van der Waals surface area contributed by atoms with E-state index in [2.05, 4.69) is 38.2 Å². The van der Waals surface area contributed by atoms with Gasteiger partial charge in [-0.15, -0.1) is 0 Å². The second-order valence-corrected chi connectivity index (χ2v) is 11.7. The molecule has 0 radical (unpaired) electrons. The minimum Gasteiger partial charge on any atom is -0.203 e. The van der Waals surface area contributed by atoms with Gasteiger partial charge in [0.25, 0.3) is 0 Å². The molecule has 0 amide bonds. The first-order valence-corrected chi connectivity index (χ1v) is 14.3. The molecule has 0 aromatic heterocycles. The molecule has 1 aromatic rings. The van der Waals surface area contributed by atoms with Crippen LogP contribution >= 0.6 is 0 Å². The third-order valence-corrected chi connectivity index (χ3v) is 9.40. The molecule has 188 valence electrons. The first-order chi connectivity index (χ1) is 16.5. The fourth-order valence-electron chi connectivity index (χ4n) is 7.10. The van der Waals surface area contributed by atoms with Crippen LogP contribution in [-0.4, -0.2) is 0 Å². The molecule has 3 aliphatic rings. The van der Waals surface area contributed by atoms with E-state index in [0.717, 1.165) is 42.9 Å². The minimum absolute atomic E-state index is 0.188. The summed E-state index contributed by atoms with van der Waals surface area (Å²) < 4.78 is 30.0. The lowest BCUT2D eigenvalue weighted by Gasteiger charge is -2.37. The number of rotatable bonds is 7. The third kappa shape index (κ3) is 6.61. The molecular weight excluding hydrogens is 422 g/mol. The second-order valence-electron chi connectivity index (χ2n) is 11.7. The van der Waals surface area contributed by atoms with Crippen LogP contribution in [0.5, 0.6) is 0 Å². The Morgan fingerprint density at radius 1 is 0.735 bits per heavy atom. The van der Waals surface area contributed by atoms with Crippen molar-refractivity contribution in [3.63, 3.8) is 0 Å². The van der Waals surface area contributed by atoms with Crippen LogP contribution in [-0.2, 0) is 6.42 Å². The van der Waals surface area contributed by atoms with E-state index in [0.29, 0.717) is 23.5 Å². The van der Waals surface area contributed by atoms with E-state index in [1.165, 1.54) is 64.2 Å². The van der Waals surface area contributed by atoms with E-state index < -0.39 is 11.6 Å². The summed E-state index contributed by atoms with van der Waals surface area (Å²) in [7, 11) is 0. The van der Waals surface area contributed by atoms with Crippen molar-refractivity contribution in [3.8, 4) is 0 Å². The smallest absolute Gasteiger partial charge is 0.162 e. The monoisotopic (exact) mass is 468 g/mol. The molecule has 0 spiro atoms. The van der Waals surface area contributed by atoms with Gasteiger partial charge in [0.2, 0.25) is 0 Å². The van der Waals surface area contributed by atoms with Crippen molar-refractivity contribution in [2.45, 2.75) is 110 Å². The number of benzene rings is 1. The van der Waals surface area contributed by atoms with Crippen LogP contribution in [0.25, 0.3) is 0 Å². The van der Waals surface area contributed by atoms with Crippen molar-refractivity contribution in [2.75, 3.05) is 0 Å². The number of allylic oxidation sites excluding steroid dienone is 4. The molecule has 0 nitrogen and oxygen atoms in total. The lowest BCUT2D eigenvalue weighted by molar-refractivity contribution is 0.170. The van der Waals surface area contributed by atoms with Crippen LogP contribution < -0.4 is 0 Å². The van der Waals surface area contributed by atoms with E-state index in [9.17, 15) is 4.39 Å². The standard InChI is InChI=1S/C32H46F2/c1-3-6-24-13-15-26(16-14-24)27-17-19-28(20-18-27)30-22-21-29(31(33)32(30)34)8-5-4-7-25-11-9-23(2)10-12-25/h3-4,6-7,21-28H,5,8-20H2,1-2H3/b6-3+,7-4+. The highest BCUT2D eigenvalue weighted by atomic mass is 19.2. The van der Waals surface area contributed by atoms with Gasteiger partial charge in [-0.2, -0.15) is 0 Å². The van der Waals surface area contributed by atoms with Crippen molar-refractivity contribution in [3.05, 3.63) is 59.2 Å². The maximum atomic E-state index is 15.1. The normalized spacial score (nSPS) is 33.1. The first kappa shape index (κ1) is 25.6. The minimum atomic E-state index is -0.596. The molecule has 0 N–H and O–H groups in total. The molecule has 3 aliphatic carbocycles. The van der Waals surface area contributed by atoms with Crippen LogP contribution in [0.3, 0.4) is 0 Å². The van der Waals surface area contributed by atoms with Crippen LogP contribution in [0.15, 0.2) is 36.4 Å². The fraction of sp³-hybridized carbons (Fsp3) is 0.688. The highest BCUT2D eigenvalue weighted by Crippen LogP contribution is 2.44. The fourth-order valence-corrected chi connectivity index (χ4v) is 7.10. The molecule has 3 fully saturated rings. The number of aryl methyl sites for hydroxylation is 1. The summed E-state index contributed by atoms with van der Waals surface area (Å²) in [6, 6.07) is 3.76. The van der Waals surface area contributed by atoms with E-state index in [-0.39, 0.29) is 5.92 Å². The van der Waals surface area contributed by atoms with Crippen molar-refractivity contribution in [1.29, 1.82) is 0 Å². The van der Waals surface area contributed by atoms with Crippen molar-refractivity contribution in [1.82, 2.24) is 0 Å². The van der Waals surface area contributed by atoms with Gasteiger partial charge in [-0.1, -0.05) is 56.2 Å². The summed E-state index contributed by atoms with van der Waals surface area (Å²) in [6.45, 7) is 4.46. The lowest BCUT2D eigenvalue weighted by atomic mass is 9.68. The summed E-state index contributed by atoms with van der Waals surface area (Å²) in [5, 5.41) is 0. The Hall–Kier alpha value is -1.44. The van der Waals surface area contributed by atoms with Gasteiger partial charge in [-0.25, -0.2) is 8.78 Å². The summed E-state index contributed by atoms with van der Waals surface area (Å²) in [6.07, 6.45) is 25.4. The van der Waals surface area contributed by atoms with Gasteiger partial charge in [0, 0.05) is 0 Å². The second kappa shape index (κ2) is 12.5. The molecule has 0 aliphatic heterocycles. The van der Waals surface area contributed by atoms with Gasteiger partial charge >= 0.3 is 0 Å². The maximum absolute atomic E-state index is 15.1. The predicted molar refractivity (Wildman–Crippen MR) is 140 cm³/mol. The zero-order valence-corrected chi connectivity index (χ0v) is 21.6. The van der Waals surface area contributed by atoms with Gasteiger partial charge < -0.3 is 0 Å². The average Bonchev–Trinajstić information content (AvgIpc) is 2.86. The number of hydrogen-bond donors (Lipinski definition) is 0. The molecule has 0 atom stereocenters. The predicted octanol–water partition coefficient (Wildman–Crippen LogP) is 9.94. The SMILES string of the molecule is C/C=C/C1CCC(C2CCC(c3ccc(CC/C=C/C4CCC(C)CC4)c(F)c3F)CC2)CC1. The molecule has 3 saturated carbocycles. The number of hydrogen-bond acceptors (Lipinski definition) is 0. The topological polar surface area (TPSA) is 0 Å². The Morgan fingerprint density at radius 2 is 1.32 bits per heavy atom. The first-order valence-electron chi connectivity index (χ1n) is 14.3. The molecule has 34 heavy (non-hydrogen) atoms. The van der Waals surface area contributed by atoms with Gasteiger partial charge in [0.05, 0.1) is 0 Å². The highest BCUT2D eigenvalue weighted by molar-refractivity contribution is 5.30. The summed E-state index contributed by atoms with van der Waals surface area (Å²) in [5.74, 6) is 2.97. The van der Waals surface area contributed by atoms with Crippen LogP contribution in [0.2, 0.25) is 0 Å².